The summed E-state index contributed by atoms with van der Waals surface area (Å²) in [4.78, 5) is 37.8. The third-order valence-electron chi connectivity index (χ3n) is 4.04. The highest BCUT2D eigenvalue weighted by Gasteiger charge is 2.37. The summed E-state index contributed by atoms with van der Waals surface area (Å²) < 4.78 is 50.2. The predicted octanol–water partition coefficient (Wildman–Crippen LogP) is 1.87. The molecule has 2 aromatic rings. The van der Waals surface area contributed by atoms with Crippen LogP contribution in [0.3, 0.4) is 0 Å². The second-order valence-electron chi connectivity index (χ2n) is 5.66. The first kappa shape index (κ1) is 18.0. The highest BCUT2D eigenvalue weighted by Crippen LogP contribution is 2.40. The average Bonchev–Trinajstić information content (AvgIpc) is 3.11. The number of ether oxygens (including phenoxy) is 2. The minimum absolute atomic E-state index is 0.184. The van der Waals surface area contributed by atoms with E-state index in [4.69, 9.17) is 4.74 Å². The Morgan fingerprint density at radius 2 is 2.12 bits per heavy atom. The van der Waals surface area contributed by atoms with Crippen LogP contribution >= 0.6 is 0 Å². The van der Waals surface area contributed by atoms with Crippen LogP contribution in [0.15, 0.2) is 21.7 Å². The molecule has 2 N–H and O–H groups in total. The van der Waals surface area contributed by atoms with Gasteiger partial charge in [-0.2, -0.15) is 17.8 Å². The van der Waals surface area contributed by atoms with Gasteiger partial charge in [-0.25, -0.2) is 15.0 Å². The lowest BCUT2D eigenvalue weighted by atomic mass is 9.97. The molecule has 0 radical (unpaired) electrons. The quantitative estimate of drug-likeness (QED) is 0.837. The molecule has 8 nitrogen and oxygen atoms in total. The van der Waals surface area contributed by atoms with Gasteiger partial charge in [0.1, 0.15) is 0 Å². The number of halogens is 3. The minimum Gasteiger partial charge on any atom is -0.452 e. The highest BCUT2D eigenvalue weighted by atomic mass is 19.4. The van der Waals surface area contributed by atoms with Crippen molar-refractivity contribution in [3.63, 3.8) is 0 Å². The normalized spacial score (nSPS) is 17.5. The molecule has 0 spiro atoms. The molecule has 3 rings (SSSR count). The summed E-state index contributed by atoms with van der Waals surface area (Å²) in [6.45, 7) is 0.319. The van der Waals surface area contributed by atoms with Crippen molar-refractivity contribution in [1.29, 1.82) is 0 Å². The van der Waals surface area contributed by atoms with E-state index in [0.29, 0.717) is 30.2 Å². The van der Waals surface area contributed by atoms with Crippen LogP contribution in [0, 0.1) is 0 Å². The van der Waals surface area contributed by atoms with Crippen LogP contribution in [0.4, 0.5) is 18.0 Å². The number of H-pyrrole nitrogens is 1. The summed E-state index contributed by atoms with van der Waals surface area (Å²) in [5.74, 6) is 0. The van der Waals surface area contributed by atoms with Crippen LogP contribution in [0.2, 0.25) is 0 Å². The summed E-state index contributed by atoms with van der Waals surface area (Å²) in [5, 5.41) is -0.195. The van der Waals surface area contributed by atoms with Gasteiger partial charge < -0.3 is 14.5 Å². The van der Waals surface area contributed by atoms with Gasteiger partial charge in [0, 0.05) is 6.61 Å². The second-order valence-corrected chi connectivity index (χ2v) is 5.66. The van der Waals surface area contributed by atoms with Crippen LogP contribution < -0.4 is 16.7 Å². The van der Waals surface area contributed by atoms with Gasteiger partial charge in [0.2, 0.25) is 0 Å². The fraction of sp³-hybridized carbons (Fsp3) is 0.400. The summed E-state index contributed by atoms with van der Waals surface area (Å²) in [6.07, 6.45) is -5.59. The van der Waals surface area contributed by atoms with Crippen molar-refractivity contribution in [2.24, 2.45) is 0 Å². The van der Waals surface area contributed by atoms with E-state index < -0.39 is 35.2 Å². The van der Waals surface area contributed by atoms with Gasteiger partial charge in [0.25, 0.3) is 5.56 Å². The topological polar surface area (TPSA) is 102 Å². The van der Waals surface area contributed by atoms with Crippen molar-refractivity contribution in [2.75, 3.05) is 19.1 Å². The number of alkyl halides is 3. The van der Waals surface area contributed by atoms with E-state index in [-0.39, 0.29) is 16.5 Å². The molecule has 1 amide bonds. The smallest absolute Gasteiger partial charge is 0.426 e. The highest BCUT2D eigenvalue weighted by molar-refractivity contribution is 5.81. The molecule has 140 valence electrons. The first-order valence-corrected chi connectivity index (χ1v) is 7.59. The molecule has 1 aliphatic heterocycles. The standard InChI is InChI=1S/C15H14F3N3O5/c1-25-14(24)20-21-12(22)8-5-7(11-3-2-4-26-11)9(15(16,17)18)6-10(8)19-13(21)23/h5-6,11H,2-4H2,1H3,(H,19,23)(H,20,24)/t11-/m1/s1. The zero-order valence-electron chi connectivity index (χ0n) is 13.5. The molecule has 0 unspecified atom stereocenters. The number of amides is 1. The van der Waals surface area contributed by atoms with Crippen LogP contribution in [-0.4, -0.2) is 29.5 Å². The maximum absolute atomic E-state index is 13.4. The number of rotatable bonds is 2. The summed E-state index contributed by atoms with van der Waals surface area (Å²) >= 11 is 0. The van der Waals surface area contributed by atoms with E-state index >= 15 is 0 Å². The van der Waals surface area contributed by atoms with Crippen LogP contribution in [-0.2, 0) is 15.7 Å². The molecule has 0 bridgehead atoms. The number of fused-ring (bicyclic) bond motifs is 1. The van der Waals surface area contributed by atoms with Crippen molar-refractivity contribution in [1.82, 2.24) is 9.66 Å². The van der Waals surface area contributed by atoms with Crippen molar-refractivity contribution in [3.8, 4) is 0 Å². The van der Waals surface area contributed by atoms with E-state index in [1.54, 1.807) is 0 Å². The molecular weight excluding hydrogens is 359 g/mol. The molecule has 11 heteroatoms. The Morgan fingerprint density at radius 1 is 1.38 bits per heavy atom. The number of hydrogen-bond donors (Lipinski definition) is 2. The molecule has 2 heterocycles. The Morgan fingerprint density at radius 3 is 2.69 bits per heavy atom. The maximum atomic E-state index is 13.4. The van der Waals surface area contributed by atoms with Gasteiger partial charge in [-0.15, -0.1) is 0 Å². The van der Waals surface area contributed by atoms with Crippen molar-refractivity contribution in [3.05, 3.63) is 44.1 Å². The van der Waals surface area contributed by atoms with E-state index in [2.05, 4.69) is 9.72 Å². The van der Waals surface area contributed by atoms with Gasteiger partial charge in [0.15, 0.2) is 0 Å². The maximum Gasteiger partial charge on any atom is 0.426 e. The fourth-order valence-electron chi connectivity index (χ4n) is 2.85. The lowest BCUT2D eigenvalue weighted by Crippen LogP contribution is -2.43. The average molecular weight is 373 g/mol. The van der Waals surface area contributed by atoms with Gasteiger partial charge in [-0.1, -0.05) is 0 Å². The molecule has 1 aromatic heterocycles. The van der Waals surface area contributed by atoms with Gasteiger partial charge in [-0.3, -0.25) is 4.79 Å². The Labute approximate surface area is 143 Å². The number of carbonyl (C=O) groups excluding carboxylic acids is 1. The number of hydrogen-bond acceptors (Lipinski definition) is 5. The van der Waals surface area contributed by atoms with Crippen molar-refractivity contribution in [2.45, 2.75) is 25.1 Å². The number of carbonyl (C=O) groups is 1. The second kappa shape index (κ2) is 6.48. The van der Waals surface area contributed by atoms with Gasteiger partial charge in [0.05, 0.1) is 29.7 Å². The zero-order valence-corrected chi connectivity index (χ0v) is 13.5. The lowest BCUT2D eigenvalue weighted by molar-refractivity contribution is -0.139. The largest absolute Gasteiger partial charge is 0.452 e. The number of benzene rings is 1. The third-order valence-corrected chi connectivity index (χ3v) is 4.04. The number of nitrogens with zero attached hydrogens (tertiary/aromatic N) is 1. The summed E-state index contributed by atoms with van der Waals surface area (Å²) in [7, 11) is 1.03. The van der Waals surface area contributed by atoms with Crippen LogP contribution in [0.5, 0.6) is 0 Å². The molecule has 1 fully saturated rings. The zero-order chi connectivity index (χ0) is 19.1. The van der Waals surface area contributed by atoms with Crippen molar-refractivity contribution < 1.29 is 27.4 Å². The predicted molar refractivity (Wildman–Crippen MR) is 83.5 cm³/mol. The molecule has 1 saturated heterocycles. The number of methoxy groups -OCH3 is 1. The number of aromatic amines is 1. The van der Waals surface area contributed by atoms with E-state index in [9.17, 15) is 27.6 Å². The van der Waals surface area contributed by atoms with Crippen LogP contribution in [0.1, 0.15) is 30.1 Å². The van der Waals surface area contributed by atoms with Crippen LogP contribution in [0.25, 0.3) is 10.9 Å². The third kappa shape index (κ3) is 3.17. The Bertz CT molecular complexity index is 973. The van der Waals surface area contributed by atoms with E-state index in [1.807, 2.05) is 5.43 Å². The molecule has 0 aliphatic carbocycles. The summed E-state index contributed by atoms with van der Waals surface area (Å²) in [5.41, 5.74) is -1.65. The van der Waals surface area contributed by atoms with Crippen molar-refractivity contribution >= 4 is 17.0 Å². The molecule has 0 saturated carbocycles. The minimum atomic E-state index is -4.69. The first-order valence-electron chi connectivity index (χ1n) is 7.59. The Balaban J connectivity index is 2.27. The summed E-state index contributed by atoms with van der Waals surface area (Å²) in [6, 6.07) is 1.75. The Hall–Kier alpha value is -2.82. The monoisotopic (exact) mass is 373 g/mol. The molecule has 26 heavy (non-hydrogen) atoms. The molecule has 1 aromatic carbocycles. The van der Waals surface area contributed by atoms with Gasteiger partial charge in [-0.05, 0) is 30.5 Å². The Kier molecular flexibility index (Phi) is 4.48. The fourth-order valence-corrected chi connectivity index (χ4v) is 2.85. The molecule has 1 aliphatic rings. The van der Waals surface area contributed by atoms with E-state index in [1.165, 1.54) is 0 Å². The number of nitrogens with one attached hydrogen (secondary N) is 2. The molecular formula is C15H14F3N3O5. The SMILES string of the molecule is COC(=O)Nn1c(=O)[nH]c2cc(C(F)(F)F)c([C@H]3CCCO3)cc2c1=O. The van der Waals surface area contributed by atoms with Gasteiger partial charge >= 0.3 is 18.0 Å². The van der Waals surface area contributed by atoms with E-state index in [0.717, 1.165) is 13.2 Å². The lowest BCUT2D eigenvalue weighted by Gasteiger charge is -2.18. The molecule has 1 atom stereocenters. The number of aromatic nitrogens is 2. The first-order chi connectivity index (χ1) is 12.2.